The third kappa shape index (κ3) is 1.50. The van der Waals surface area contributed by atoms with Crippen LogP contribution in [0, 0.1) is 0 Å². The molecule has 0 saturated heterocycles. The van der Waals surface area contributed by atoms with Crippen LogP contribution in [0.2, 0.25) is 0 Å². The van der Waals surface area contributed by atoms with Crippen molar-refractivity contribution in [3.63, 3.8) is 0 Å². The quantitative estimate of drug-likeness (QED) is 0.698. The molecule has 3 N–H and O–H groups in total. The topological polar surface area (TPSA) is 97.5 Å². The molecule has 2 aromatic rings. The van der Waals surface area contributed by atoms with Crippen LogP contribution in [-0.4, -0.2) is 22.6 Å². The highest BCUT2D eigenvalue weighted by molar-refractivity contribution is 7.16. The third-order valence-corrected chi connectivity index (χ3v) is 4.09. The van der Waals surface area contributed by atoms with Crippen molar-refractivity contribution in [3.8, 4) is 5.75 Å². The van der Waals surface area contributed by atoms with Crippen LogP contribution in [0.4, 0.5) is 0 Å². The smallest absolute Gasteiger partial charge is 0.258 e. The van der Waals surface area contributed by atoms with E-state index < -0.39 is 11.7 Å². The summed E-state index contributed by atoms with van der Waals surface area (Å²) in [6.07, 6.45) is 0. The molecule has 0 fully saturated rings. The fraction of sp³-hybridized carbons (Fsp3) is 0. The Labute approximate surface area is 111 Å². The summed E-state index contributed by atoms with van der Waals surface area (Å²) >= 11 is 0.898. The van der Waals surface area contributed by atoms with Gasteiger partial charge in [0.05, 0.1) is 15.3 Å². The van der Waals surface area contributed by atoms with Crippen LogP contribution in [0.3, 0.4) is 0 Å². The predicted molar refractivity (Wildman–Crippen MR) is 67.8 cm³/mol. The minimum absolute atomic E-state index is 0.0196. The Morgan fingerprint density at radius 3 is 2.58 bits per heavy atom. The van der Waals surface area contributed by atoms with Gasteiger partial charge >= 0.3 is 0 Å². The normalized spacial score (nSPS) is 13.1. The van der Waals surface area contributed by atoms with Gasteiger partial charge in [0.1, 0.15) is 5.75 Å². The average Bonchev–Trinajstić information content (AvgIpc) is 2.81. The number of thiophene rings is 1. The molecule has 3 rings (SSSR count). The van der Waals surface area contributed by atoms with Crippen LogP contribution in [0.5, 0.6) is 5.75 Å². The molecule has 0 radical (unpaired) electrons. The predicted octanol–water partition coefficient (Wildman–Crippen LogP) is 1.33. The van der Waals surface area contributed by atoms with Gasteiger partial charge in [-0.15, -0.1) is 11.3 Å². The third-order valence-electron chi connectivity index (χ3n) is 2.94. The molecule has 5 nitrogen and oxygen atoms in total. The van der Waals surface area contributed by atoms with Crippen molar-refractivity contribution >= 4 is 28.8 Å². The summed E-state index contributed by atoms with van der Waals surface area (Å²) in [7, 11) is 0. The summed E-state index contributed by atoms with van der Waals surface area (Å²) in [5, 5.41) is 9.72. The summed E-state index contributed by atoms with van der Waals surface area (Å²) in [5.74, 6) is -1.77. The first-order chi connectivity index (χ1) is 9.00. The maximum Gasteiger partial charge on any atom is 0.258 e. The largest absolute Gasteiger partial charge is 0.507 e. The fourth-order valence-corrected chi connectivity index (χ4v) is 3.04. The zero-order valence-corrected chi connectivity index (χ0v) is 10.3. The van der Waals surface area contributed by atoms with E-state index in [4.69, 9.17) is 5.73 Å². The lowest BCUT2D eigenvalue weighted by atomic mass is 9.88. The molecule has 0 spiro atoms. The molecule has 0 atom stereocenters. The zero-order valence-electron chi connectivity index (χ0n) is 9.47. The van der Waals surface area contributed by atoms with Crippen LogP contribution < -0.4 is 5.73 Å². The van der Waals surface area contributed by atoms with Crippen molar-refractivity contribution in [2.24, 2.45) is 5.73 Å². The Morgan fingerprint density at radius 1 is 1.16 bits per heavy atom. The molecule has 0 aliphatic heterocycles. The molecule has 1 aromatic heterocycles. The fourth-order valence-electron chi connectivity index (χ4n) is 2.07. The van der Waals surface area contributed by atoms with E-state index in [9.17, 15) is 19.5 Å². The number of phenols is 1. The number of aromatic hydroxyl groups is 1. The first kappa shape index (κ1) is 11.6. The van der Waals surface area contributed by atoms with Crippen LogP contribution >= 0.6 is 11.3 Å². The van der Waals surface area contributed by atoms with E-state index in [2.05, 4.69) is 0 Å². The highest BCUT2D eigenvalue weighted by atomic mass is 32.1. The molecule has 94 valence electrons. The average molecular weight is 273 g/mol. The van der Waals surface area contributed by atoms with E-state index in [1.54, 1.807) is 0 Å². The first-order valence-electron chi connectivity index (χ1n) is 5.35. The number of carbonyl (C=O) groups is 3. The summed E-state index contributed by atoms with van der Waals surface area (Å²) in [6, 6.07) is 5.61. The molecule has 6 heteroatoms. The Morgan fingerprint density at radius 2 is 1.89 bits per heavy atom. The molecule has 1 aliphatic carbocycles. The Bertz CT molecular complexity index is 760. The highest BCUT2D eigenvalue weighted by Crippen LogP contribution is 2.36. The van der Waals surface area contributed by atoms with Gasteiger partial charge in [0.15, 0.2) is 5.78 Å². The molecule has 0 saturated carbocycles. The minimum Gasteiger partial charge on any atom is -0.507 e. The van der Waals surface area contributed by atoms with Crippen molar-refractivity contribution in [3.05, 3.63) is 50.7 Å². The van der Waals surface area contributed by atoms with E-state index in [0.29, 0.717) is 0 Å². The molecule has 1 heterocycles. The van der Waals surface area contributed by atoms with Gasteiger partial charge in [-0.05, 0) is 18.2 Å². The summed E-state index contributed by atoms with van der Waals surface area (Å²) < 4.78 is 0. The number of primary amides is 1. The van der Waals surface area contributed by atoms with Gasteiger partial charge in [-0.1, -0.05) is 6.07 Å². The van der Waals surface area contributed by atoms with E-state index in [-0.39, 0.29) is 38.0 Å². The first-order valence-corrected chi connectivity index (χ1v) is 6.17. The number of fused-ring (bicyclic) bond motifs is 2. The molecular formula is C13H7NO4S. The molecular weight excluding hydrogens is 266 g/mol. The van der Waals surface area contributed by atoms with Gasteiger partial charge in [0.2, 0.25) is 5.78 Å². The number of ketones is 2. The summed E-state index contributed by atoms with van der Waals surface area (Å²) in [5.41, 5.74) is 5.40. The highest BCUT2D eigenvalue weighted by Gasteiger charge is 2.34. The second-order valence-electron chi connectivity index (χ2n) is 4.08. The van der Waals surface area contributed by atoms with Crippen molar-refractivity contribution in [1.29, 1.82) is 0 Å². The molecule has 0 bridgehead atoms. The number of amides is 1. The van der Waals surface area contributed by atoms with E-state index >= 15 is 0 Å². The number of carbonyl (C=O) groups excluding carboxylic acids is 3. The molecule has 0 unspecified atom stereocenters. The van der Waals surface area contributed by atoms with Gasteiger partial charge in [-0.25, -0.2) is 0 Å². The van der Waals surface area contributed by atoms with Crippen molar-refractivity contribution in [2.45, 2.75) is 0 Å². The Hall–Kier alpha value is -2.47. The standard InChI is InChI=1S/C13H7NO4S/c14-13(18)8-4-6-10(16)9-5(2-1-3-7(9)15)11(17)12(6)19-8/h1-4,15H,(H2,14,18). The van der Waals surface area contributed by atoms with Gasteiger partial charge in [0.25, 0.3) is 5.91 Å². The lowest BCUT2D eigenvalue weighted by Gasteiger charge is -2.14. The lowest BCUT2D eigenvalue weighted by molar-refractivity contribution is 0.0979. The maximum absolute atomic E-state index is 12.3. The number of hydrogen-bond donors (Lipinski definition) is 2. The Balaban J connectivity index is 2.30. The van der Waals surface area contributed by atoms with Crippen LogP contribution in [0.25, 0.3) is 0 Å². The number of rotatable bonds is 1. The zero-order chi connectivity index (χ0) is 13.7. The van der Waals surface area contributed by atoms with Crippen molar-refractivity contribution in [1.82, 2.24) is 0 Å². The van der Waals surface area contributed by atoms with E-state index in [1.165, 1.54) is 24.3 Å². The van der Waals surface area contributed by atoms with Crippen LogP contribution in [0.1, 0.15) is 40.8 Å². The van der Waals surface area contributed by atoms with E-state index in [1.807, 2.05) is 0 Å². The van der Waals surface area contributed by atoms with Gasteiger partial charge in [-0.3, -0.25) is 14.4 Å². The summed E-state index contributed by atoms with van der Waals surface area (Å²) in [6.45, 7) is 0. The van der Waals surface area contributed by atoms with Gasteiger partial charge in [0, 0.05) is 11.1 Å². The number of hydrogen-bond acceptors (Lipinski definition) is 5. The minimum atomic E-state index is -0.687. The van der Waals surface area contributed by atoms with Crippen LogP contribution in [-0.2, 0) is 0 Å². The van der Waals surface area contributed by atoms with Crippen molar-refractivity contribution in [2.75, 3.05) is 0 Å². The summed E-state index contributed by atoms with van der Waals surface area (Å²) in [4.78, 5) is 36.0. The second-order valence-corrected chi connectivity index (χ2v) is 5.13. The lowest BCUT2D eigenvalue weighted by Crippen LogP contribution is -2.18. The van der Waals surface area contributed by atoms with Crippen LogP contribution in [0.15, 0.2) is 24.3 Å². The number of nitrogens with two attached hydrogens (primary N) is 1. The van der Waals surface area contributed by atoms with E-state index in [0.717, 1.165) is 11.3 Å². The monoisotopic (exact) mass is 273 g/mol. The van der Waals surface area contributed by atoms with Crippen molar-refractivity contribution < 1.29 is 19.5 Å². The molecule has 19 heavy (non-hydrogen) atoms. The number of phenolic OH excluding ortho intramolecular Hbond substituents is 1. The van der Waals surface area contributed by atoms with Gasteiger partial charge in [-0.2, -0.15) is 0 Å². The SMILES string of the molecule is NC(=O)c1cc2c(s1)C(=O)c1cccc(O)c1C2=O. The molecule has 1 aliphatic rings. The van der Waals surface area contributed by atoms with Gasteiger partial charge < -0.3 is 10.8 Å². The second kappa shape index (κ2) is 3.76. The maximum atomic E-state index is 12.3. The Kier molecular flexibility index (Phi) is 2.30. The number of benzene rings is 1. The molecule has 1 amide bonds. The molecule has 1 aromatic carbocycles.